The van der Waals surface area contributed by atoms with Crippen LogP contribution in [0, 0.1) is 16.7 Å². The molecule has 1 aromatic heterocycles. The number of piperidine rings is 1. The molecule has 2 aromatic rings. The summed E-state index contributed by atoms with van der Waals surface area (Å²) in [6.07, 6.45) is 7.55. The first-order valence-electron chi connectivity index (χ1n) is 9.12. The summed E-state index contributed by atoms with van der Waals surface area (Å²) in [6.45, 7) is 5.17. The van der Waals surface area contributed by atoms with E-state index in [1.54, 1.807) is 12.4 Å². The van der Waals surface area contributed by atoms with E-state index in [2.05, 4.69) is 31.9 Å². The molecule has 26 heavy (non-hydrogen) atoms. The van der Waals surface area contributed by atoms with Crippen LogP contribution in [-0.4, -0.2) is 49.4 Å². The lowest BCUT2D eigenvalue weighted by Crippen LogP contribution is -2.51. The fourth-order valence-corrected chi connectivity index (χ4v) is 4.09. The van der Waals surface area contributed by atoms with Gasteiger partial charge in [-0.15, -0.1) is 0 Å². The molecule has 3 heterocycles. The van der Waals surface area contributed by atoms with Crippen molar-refractivity contribution in [1.82, 2.24) is 9.97 Å². The molecule has 2 fully saturated rings. The van der Waals surface area contributed by atoms with Crippen LogP contribution in [0.5, 0.6) is 0 Å². The van der Waals surface area contributed by atoms with Crippen LogP contribution in [0.15, 0.2) is 42.9 Å². The van der Waals surface area contributed by atoms with Gasteiger partial charge in [0.1, 0.15) is 5.82 Å². The highest BCUT2D eigenvalue weighted by atomic mass is 16.5. The number of anilines is 2. The number of benzene rings is 1. The number of nitriles is 1. The number of aromatic nitrogens is 2. The monoisotopic (exact) mass is 349 g/mol. The minimum atomic E-state index is 0.0644. The van der Waals surface area contributed by atoms with Gasteiger partial charge in [0.15, 0.2) is 0 Å². The summed E-state index contributed by atoms with van der Waals surface area (Å²) < 4.78 is 6.01. The molecule has 6 heteroatoms. The molecule has 1 atom stereocenters. The first-order valence-corrected chi connectivity index (χ1v) is 9.12. The van der Waals surface area contributed by atoms with Gasteiger partial charge < -0.3 is 14.5 Å². The van der Waals surface area contributed by atoms with Crippen LogP contribution in [0.25, 0.3) is 0 Å². The molecular weight excluding hydrogens is 326 g/mol. The molecule has 0 radical (unpaired) electrons. The van der Waals surface area contributed by atoms with E-state index in [0.717, 1.165) is 57.1 Å². The lowest BCUT2D eigenvalue weighted by molar-refractivity contribution is 0.0597. The third-order valence-corrected chi connectivity index (χ3v) is 5.32. The minimum Gasteiger partial charge on any atom is -0.379 e. The average Bonchev–Trinajstić information content (AvgIpc) is 2.91. The number of ether oxygens (including phenoxy) is 1. The van der Waals surface area contributed by atoms with Crippen molar-refractivity contribution in [3.8, 4) is 6.07 Å². The summed E-state index contributed by atoms with van der Waals surface area (Å²) in [5.74, 6) is 0.939. The zero-order valence-corrected chi connectivity index (χ0v) is 14.8. The van der Waals surface area contributed by atoms with E-state index in [1.165, 1.54) is 0 Å². The largest absolute Gasteiger partial charge is 0.379 e. The van der Waals surface area contributed by atoms with E-state index in [4.69, 9.17) is 4.74 Å². The van der Waals surface area contributed by atoms with Gasteiger partial charge >= 0.3 is 0 Å². The maximum absolute atomic E-state index is 9.21. The van der Waals surface area contributed by atoms with Crippen molar-refractivity contribution in [2.24, 2.45) is 5.41 Å². The lowest BCUT2D eigenvalue weighted by atomic mass is 9.80. The Labute approximate surface area is 154 Å². The summed E-state index contributed by atoms with van der Waals surface area (Å²) in [4.78, 5) is 13.4. The van der Waals surface area contributed by atoms with E-state index in [1.807, 2.05) is 24.4 Å². The summed E-state index contributed by atoms with van der Waals surface area (Å²) >= 11 is 0. The van der Waals surface area contributed by atoms with Crippen LogP contribution < -0.4 is 9.80 Å². The third kappa shape index (κ3) is 3.49. The molecule has 6 nitrogen and oxygen atoms in total. The number of hydrogen-bond donors (Lipinski definition) is 0. The fraction of sp³-hybridized carbons (Fsp3) is 0.450. The molecule has 134 valence electrons. The Balaban J connectivity index is 1.57. The van der Waals surface area contributed by atoms with Gasteiger partial charge in [-0.25, -0.2) is 4.98 Å². The zero-order chi connectivity index (χ0) is 17.8. The topological polar surface area (TPSA) is 65.3 Å². The molecule has 1 spiro atoms. The lowest BCUT2D eigenvalue weighted by Gasteiger charge is -2.44. The quantitative estimate of drug-likeness (QED) is 0.830. The van der Waals surface area contributed by atoms with Crippen molar-refractivity contribution in [1.29, 1.82) is 5.26 Å². The molecular formula is C20H23N5O. The zero-order valence-electron chi connectivity index (χ0n) is 14.8. The van der Waals surface area contributed by atoms with Crippen molar-refractivity contribution in [2.45, 2.75) is 12.8 Å². The maximum Gasteiger partial charge on any atom is 0.147 e. The molecule has 2 saturated heterocycles. The Bertz CT molecular complexity index is 790. The standard InChI is InChI=1S/C20H23N5O/c21-12-17-3-1-4-18(11-17)24-9-10-26-16-20(14-24)5-2-8-25(15-20)19-13-22-6-7-23-19/h1,3-4,6-7,11,13H,2,5,8-10,14-16H2/t20-/m1/s1. The van der Waals surface area contributed by atoms with Crippen LogP contribution in [0.3, 0.4) is 0 Å². The molecule has 0 aliphatic carbocycles. The van der Waals surface area contributed by atoms with Crippen LogP contribution in [0.1, 0.15) is 18.4 Å². The van der Waals surface area contributed by atoms with Crippen molar-refractivity contribution < 1.29 is 4.74 Å². The molecule has 0 saturated carbocycles. The predicted molar refractivity (Wildman–Crippen MR) is 100 cm³/mol. The van der Waals surface area contributed by atoms with Gasteiger partial charge in [0.2, 0.25) is 0 Å². The Morgan fingerprint density at radius 2 is 2.08 bits per heavy atom. The van der Waals surface area contributed by atoms with E-state index < -0.39 is 0 Å². The van der Waals surface area contributed by atoms with Gasteiger partial charge in [-0.3, -0.25) is 4.98 Å². The van der Waals surface area contributed by atoms with Crippen molar-refractivity contribution in [3.05, 3.63) is 48.4 Å². The molecule has 4 rings (SSSR count). The number of nitrogens with zero attached hydrogens (tertiary/aromatic N) is 5. The summed E-state index contributed by atoms with van der Waals surface area (Å²) in [5, 5.41) is 9.21. The molecule has 0 bridgehead atoms. The normalized spacial score (nSPS) is 23.5. The minimum absolute atomic E-state index is 0.0644. The molecule has 2 aliphatic heterocycles. The van der Waals surface area contributed by atoms with Crippen LogP contribution in [0.2, 0.25) is 0 Å². The smallest absolute Gasteiger partial charge is 0.147 e. The molecule has 0 unspecified atom stereocenters. The predicted octanol–water partition coefficient (Wildman–Crippen LogP) is 2.47. The van der Waals surface area contributed by atoms with E-state index >= 15 is 0 Å². The van der Waals surface area contributed by atoms with Gasteiger partial charge in [0.25, 0.3) is 0 Å². The third-order valence-electron chi connectivity index (χ3n) is 5.32. The fourth-order valence-electron chi connectivity index (χ4n) is 4.09. The van der Waals surface area contributed by atoms with Crippen molar-refractivity contribution >= 4 is 11.5 Å². The van der Waals surface area contributed by atoms with Crippen LogP contribution in [0.4, 0.5) is 11.5 Å². The van der Waals surface area contributed by atoms with E-state index in [9.17, 15) is 5.26 Å². The van der Waals surface area contributed by atoms with E-state index in [0.29, 0.717) is 12.2 Å². The number of rotatable bonds is 2. The summed E-state index contributed by atoms with van der Waals surface area (Å²) in [7, 11) is 0. The maximum atomic E-state index is 9.21. The Morgan fingerprint density at radius 1 is 1.15 bits per heavy atom. The average molecular weight is 349 g/mol. The highest BCUT2D eigenvalue weighted by molar-refractivity contribution is 5.52. The molecule has 2 aliphatic rings. The van der Waals surface area contributed by atoms with Gasteiger partial charge in [0, 0.05) is 49.7 Å². The SMILES string of the molecule is N#Cc1cccc(N2CCOC[C@]3(CCCN(c4cnccn4)C3)C2)c1. The second-order valence-electron chi connectivity index (χ2n) is 7.22. The van der Waals surface area contributed by atoms with Gasteiger partial charge in [-0.1, -0.05) is 6.07 Å². The molecule has 0 amide bonds. The van der Waals surface area contributed by atoms with Gasteiger partial charge in [-0.2, -0.15) is 5.26 Å². The van der Waals surface area contributed by atoms with E-state index in [-0.39, 0.29) is 5.41 Å². The molecule has 0 N–H and O–H groups in total. The Hall–Kier alpha value is -2.65. The van der Waals surface area contributed by atoms with Crippen LogP contribution in [-0.2, 0) is 4.74 Å². The highest BCUT2D eigenvalue weighted by Gasteiger charge is 2.39. The number of hydrogen-bond acceptors (Lipinski definition) is 6. The van der Waals surface area contributed by atoms with Crippen molar-refractivity contribution in [3.63, 3.8) is 0 Å². The summed E-state index contributed by atoms with van der Waals surface area (Å²) in [6, 6.07) is 10.1. The second-order valence-corrected chi connectivity index (χ2v) is 7.22. The molecule has 1 aromatic carbocycles. The first-order chi connectivity index (χ1) is 12.8. The van der Waals surface area contributed by atoms with Gasteiger partial charge in [0.05, 0.1) is 31.0 Å². The van der Waals surface area contributed by atoms with Gasteiger partial charge in [-0.05, 0) is 31.0 Å². The first kappa shape index (κ1) is 16.8. The Morgan fingerprint density at radius 3 is 2.92 bits per heavy atom. The second kappa shape index (κ2) is 7.30. The van der Waals surface area contributed by atoms with Crippen LogP contribution >= 0.6 is 0 Å². The Kier molecular flexibility index (Phi) is 4.72. The summed E-state index contributed by atoms with van der Waals surface area (Å²) in [5.41, 5.74) is 1.87. The highest BCUT2D eigenvalue weighted by Crippen LogP contribution is 2.35. The van der Waals surface area contributed by atoms with Crippen molar-refractivity contribution in [2.75, 3.05) is 49.2 Å².